The van der Waals surface area contributed by atoms with Crippen molar-refractivity contribution in [1.29, 1.82) is 0 Å². The van der Waals surface area contributed by atoms with Crippen LogP contribution < -0.4 is 0 Å². The van der Waals surface area contributed by atoms with E-state index in [9.17, 15) is 4.79 Å². The van der Waals surface area contributed by atoms with Gasteiger partial charge in [-0.2, -0.15) is 0 Å². The van der Waals surface area contributed by atoms with Gasteiger partial charge in [-0.25, -0.2) is 0 Å². The van der Waals surface area contributed by atoms with Crippen LogP contribution in [0.15, 0.2) is 54.6 Å². The average Bonchev–Trinajstić information content (AvgIpc) is 2.42. The quantitative estimate of drug-likeness (QED) is 0.766. The first-order chi connectivity index (χ1) is 8.75. The van der Waals surface area contributed by atoms with Crippen LogP contribution in [-0.4, -0.2) is 12.4 Å². The van der Waals surface area contributed by atoms with E-state index in [1.807, 2.05) is 30.3 Å². The Kier molecular flexibility index (Phi) is 4.51. The molecule has 2 aromatic rings. The summed E-state index contributed by atoms with van der Waals surface area (Å²) in [4.78, 5) is 11.7. The Labute approximate surface area is 111 Å². The van der Waals surface area contributed by atoms with Crippen molar-refractivity contribution >= 4 is 17.4 Å². The minimum Gasteiger partial charge on any atom is -0.369 e. The van der Waals surface area contributed by atoms with Crippen LogP contribution in [0.5, 0.6) is 0 Å². The van der Waals surface area contributed by atoms with Gasteiger partial charge in [-0.15, -0.1) is 0 Å². The van der Waals surface area contributed by atoms with Crippen LogP contribution in [0.25, 0.3) is 0 Å². The molecule has 0 spiro atoms. The number of hydrogen-bond acceptors (Lipinski definition) is 2. The van der Waals surface area contributed by atoms with E-state index in [2.05, 4.69) is 0 Å². The van der Waals surface area contributed by atoms with Crippen molar-refractivity contribution in [1.82, 2.24) is 0 Å². The first kappa shape index (κ1) is 12.8. The van der Waals surface area contributed by atoms with Crippen molar-refractivity contribution in [2.24, 2.45) is 0 Å². The number of benzene rings is 2. The molecule has 0 saturated heterocycles. The van der Waals surface area contributed by atoms with Gasteiger partial charge in [0.15, 0.2) is 5.78 Å². The fourth-order valence-electron chi connectivity index (χ4n) is 1.55. The van der Waals surface area contributed by atoms with E-state index in [4.69, 9.17) is 16.3 Å². The van der Waals surface area contributed by atoms with Crippen molar-refractivity contribution in [2.75, 3.05) is 6.61 Å². The number of carbonyl (C=O) groups excluding carboxylic acids is 1. The van der Waals surface area contributed by atoms with E-state index in [-0.39, 0.29) is 12.4 Å². The minimum atomic E-state index is -0.00966. The van der Waals surface area contributed by atoms with Gasteiger partial charge in [0.1, 0.15) is 6.61 Å². The molecule has 0 fully saturated rings. The number of carbonyl (C=O) groups is 1. The van der Waals surface area contributed by atoms with Crippen molar-refractivity contribution in [3.63, 3.8) is 0 Å². The first-order valence-electron chi connectivity index (χ1n) is 5.66. The van der Waals surface area contributed by atoms with E-state index in [1.54, 1.807) is 24.3 Å². The fraction of sp³-hybridized carbons (Fsp3) is 0.133. The Balaban J connectivity index is 1.82. The van der Waals surface area contributed by atoms with E-state index < -0.39 is 0 Å². The Morgan fingerprint density at radius 2 is 1.67 bits per heavy atom. The molecule has 18 heavy (non-hydrogen) atoms. The highest BCUT2D eigenvalue weighted by molar-refractivity contribution is 6.30. The molecular formula is C15H13ClO2. The zero-order valence-electron chi connectivity index (χ0n) is 9.80. The molecule has 2 aromatic carbocycles. The molecule has 0 aromatic heterocycles. The molecule has 2 rings (SSSR count). The van der Waals surface area contributed by atoms with Gasteiger partial charge in [-0.3, -0.25) is 4.79 Å². The summed E-state index contributed by atoms with van der Waals surface area (Å²) in [5, 5.41) is 0.694. The molecule has 2 nitrogen and oxygen atoms in total. The highest BCUT2D eigenvalue weighted by atomic mass is 35.5. The van der Waals surface area contributed by atoms with Crippen molar-refractivity contribution in [3.05, 3.63) is 70.7 Å². The standard InChI is InChI=1S/C15H13ClO2/c16-14-8-6-12(7-9-14)10-18-11-15(17)13-4-2-1-3-5-13/h1-9H,10-11H2. The smallest absolute Gasteiger partial charge is 0.188 e. The zero-order valence-corrected chi connectivity index (χ0v) is 10.6. The summed E-state index contributed by atoms with van der Waals surface area (Å²) in [6.45, 7) is 0.502. The summed E-state index contributed by atoms with van der Waals surface area (Å²) >= 11 is 5.78. The summed E-state index contributed by atoms with van der Waals surface area (Å²) in [5.74, 6) is -0.00966. The second-order valence-corrected chi connectivity index (χ2v) is 4.34. The van der Waals surface area contributed by atoms with Crippen LogP contribution in [0.1, 0.15) is 15.9 Å². The summed E-state index contributed by atoms with van der Waals surface area (Å²) in [5.41, 5.74) is 1.67. The second kappa shape index (κ2) is 6.34. The van der Waals surface area contributed by atoms with Gasteiger partial charge >= 0.3 is 0 Å². The van der Waals surface area contributed by atoms with Crippen molar-refractivity contribution < 1.29 is 9.53 Å². The van der Waals surface area contributed by atoms with E-state index >= 15 is 0 Å². The van der Waals surface area contributed by atoms with Crippen LogP contribution in [0, 0.1) is 0 Å². The van der Waals surface area contributed by atoms with Crippen LogP contribution >= 0.6 is 11.6 Å². The molecular weight excluding hydrogens is 248 g/mol. The van der Waals surface area contributed by atoms with Crippen molar-refractivity contribution in [2.45, 2.75) is 6.61 Å². The Bertz CT molecular complexity index is 506. The van der Waals surface area contributed by atoms with Crippen LogP contribution in [-0.2, 0) is 11.3 Å². The van der Waals surface area contributed by atoms with Crippen LogP contribution in [0.4, 0.5) is 0 Å². The third kappa shape index (κ3) is 3.69. The lowest BCUT2D eigenvalue weighted by atomic mass is 10.1. The van der Waals surface area contributed by atoms with Crippen molar-refractivity contribution in [3.8, 4) is 0 Å². The lowest BCUT2D eigenvalue weighted by Gasteiger charge is -2.04. The molecule has 0 N–H and O–H groups in total. The molecule has 92 valence electrons. The highest BCUT2D eigenvalue weighted by Gasteiger charge is 2.04. The number of Topliss-reactive ketones (excluding diaryl/α,β-unsaturated/α-hetero) is 1. The van der Waals surface area contributed by atoms with E-state index in [0.29, 0.717) is 17.2 Å². The molecule has 0 unspecified atom stereocenters. The minimum absolute atomic E-state index is 0.00966. The maximum atomic E-state index is 11.7. The summed E-state index contributed by atoms with van der Waals surface area (Å²) in [7, 11) is 0. The number of hydrogen-bond donors (Lipinski definition) is 0. The lowest BCUT2D eigenvalue weighted by Crippen LogP contribution is -2.08. The third-order valence-corrected chi connectivity index (χ3v) is 2.76. The predicted molar refractivity (Wildman–Crippen MR) is 71.9 cm³/mol. The predicted octanol–water partition coefficient (Wildman–Crippen LogP) is 3.74. The molecule has 0 amide bonds. The largest absolute Gasteiger partial charge is 0.369 e. The monoisotopic (exact) mass is 260 g/mol. The van der Waals surface area contributed by atoms with E-state index in [0.717, 1.165) is 5.56 Å². The number of rotatable bonds is 5. The SMILES string of the molecule is O=C(COCc1ccc(Cl)cc1)c1ccccc1. The van der Waals surface area contributed by atoms with Crippen LogP contribution in [0.3, 0.4) is 0 Å². The van der Waals surface area contributed by atoms with Gasteiger partial charge < -0.3 is 4.74 Å². The van der Waals surface area contributed by atoms with E-state index in [1.165, 1.54) is 0 Å². The maximum Gasteiger partial charge on any atom is 0.188 e. The number of ketones is 1. The molecule has 0 saturated carbocycles. The van der Waals surface area contributed by atoms with Gasteiger partial charge in [0.2, 0.25) is 0 Å². The normalized spacial score (nSPS) is 10.3. The van der Waals surface area contributed by atoms with Crippen LogP contribution in [0.2, 0.25) is 5.02 Å². The molecule has 0 aliphatic heterocycles. The summed E-state index contributed by atoms with van der Waals surface area (Å²) < 4.78 is 5.38. The first-order valence-corrected chi connectivity index (χ1v) is 6.04. The third-order valence-electron chi connectivity index (χ3n) is 2.51. The Hall–Kier alpha value is -1.64. The molecule has 0 heterocycles. The second-order valence-electron chi connectivity index (χ2n) is 3.91. The summed E-state index contributed by atoms with van der Waals surface area (Å²) in [6.07, 6.45) is 0. The summed E-state index contributed by atoms with van der Waals surface area (Å²) in [6, 6.07) is 16.5. The van der Waals surface area contributed by atoms with Gasteiger partial charge in [0.05, 0.1) is 6.61 Å². The average molecular weight is 261 g/mol. The number of halogens is 1. The zero-order chi connectivity index (χ0) is 12.8. The van der Waals surface area contributed by atoms with Gasteiger partial charge in [0, 0.05) is 10.6 Å². The molecule has 0 radical (unpaired) electrons. The topological polar surface area (TPSA) is 26.3 Å². The molecule has 0 aliphatic carbocycles. The number of ether oxygens (including phenoxy) is 1. The Morgan fingerprint density at radius 3 is 2.33 bits per heavy atom. The molecule has 0 atom stereocenters. The molecule has 3 heteroatoms. The lowest BCUT2D eigenvalue weighted by molar-refractivity contribution is 0.0726. The molecule has 0 aliphatic rings. The fourth-order valence-corrected chi connectivity index (χ4v) is 1.68. The van der Waals surface area contributed by atoms with Gasteiger partial charge in [-0.05, 0) is 17.7 Å². The van der Waals surface area contributed by atoms with Gasteiger partial charge in [-0.1, -0.05) is 54.1 Å². The maximum absolute atomic E-state index is 11.7. The highest BCUT2D eigenvalue weighted by Crippen LogP contribution is 2.10. The molecule has 0 bridgehead atoms. The Morgan fingerprint density at radius 1 is 1.00 bits per heavy atom. The van der Waals surface area contributed by atoms with Gasteiger partial charge in [0.25, 0.3) is 0 Å².